The lowest BCUT2D eigenvalue weighted by molar-refractivity contribution is -0.112. The van der Waals surface area contributed by atoms with Crippen molar-refractivity contribution in [3.8, 4) is 0 Å². The summed E-state index contributed by atoms with van der Waals surface area (Å²) in [4.78, 5) is 11.7. The van der Waals surface area contributed by atoms with Gasteiger partial charge in [0.25, 0.3) is 5.91 Å². The Kier molecular flexibility index (Phi) is 5.94. The molecule has 8 heteroatoms. The quantitative estimate of drug-likeness (QED) is 0.227. The maximum atomic E-state index is 11.7. The molecule has 0 aromatic heterocycles. The Morgan fingerprint density at radius 1 is 1.09 bits per heavy atom. The molecule has 1 amide bonds. The third kappa shape index (κ3) is 5.95. The van der Waals surface area contributed by atoms with Crippen LogP contribution in [0.2, 0.25) is 0 Å². The number of carbonyl (C=O) groups excluding carboxylic acids is 1. The van der Waals surface area contributed by atoms with E-state index < -0.39 is 0 Å². The third-order valence-corrected chi connectivity index (χ3v) is 2.66. The van der Waals surface area contributed by atoms with Gasteiger partial charge in [-0.2, -0.15) is 0 Å². The van der Waals surface area contributed by atoms with Crippen LogP contribution < -0.4 is 27.4 Å². The molecule has 22 heavy (non-hydrogen) atoms. The van der Waals surface area contributed by atoms with Crippen molar-refractivity contribution in [1.29, 1.82) is 10.8 Å². The normalized spacial score (nSPS) is 9.68. The summed E-state index contributed by atoms with van der Waals surface area (Å²) in [6.07, 6.45) is 0. The minimum Gasteiger partial charge on any atom is -0.370 e. The minimum absolute atomic E-state index is 0.139. The molecule has 0 atom stereocenters. The largest absolute Gasteiger partial charge is 0.370 e. The molecule has 0 aliphatic rings. The molecule has 0 saturated carbocycles. The second-order valence-electron chi connectivity index (χ2n) is 4.81. The van der Waals surface area contributed by atoms with E-state index in [9.17, 15) is 4.79 Å². The Labute approximate surface area is 129 Å². The highest BCUT2D eigenvalue weighted by Gasteiger charge is 2.06. The highest BCUT2D eigenvalue weighted by atomic mass is 16.1. The van der Waals surface area contributed by atoms with E-state index in [2.05, 4.69) is 22.5 Å². The van der Waals surface area contributed by atoms with Crippen LogP contribution in [0.25, 0.3) is 0 Å². The number of rotatable bonds is 6. The number of guanidine groups is 2. The zero-order valence-electron chi connectivity index (χ0n) is 12.4. The first-order valence-electron chi connectivity index (χ1n) is 6.53. The summed E-state index contributed by atoms with van der Waals surface area (Å²) in [6.45, 7) is 5.90. The summed E-state index contributed by atoms with van der Waals surface area (Å²) < 4.78 is 0. The molecule has 8 nitrogen and oxygen atoms in total. The maximum absolute atomic E-state index is 11.7. The number of amides is 1. The summed E-state index contributed by atoms with van der Waals surface area (Å²) in [7, 11) is 0. The smallest absolute Gasteiger partial charge is 0.250 e. The molecular weight excluding hydrogens is 282 g/mol. The van der Waals surface area contributed by atoms with Gasteiger partial charge in [0.15, 0.2) is 11.9 Å². The van der Waals surface area contributed by atoms with Crippen molar-refractivity contribution in [2.45, 2.75) is 20.0 Å². The van der Waals surface area contributed by atoms with Gasteiger partial charge in [-0.05, 0) is 30.2 Å². The fourth-order valence-electron chi connectivity index (χ4n) is 1.67. The Balaban J connectivity index is 2.97. The van der Waals surface area contributed by atoms with E-state index in [4.69, 9.17) is 22.3 Å². The number of hydrogen-bond donors (Lipinski definition) is 7. The second-order valence-corrected chi connectivity index (χ2v) is 4.81. The number of benzene rings is 1. The van der Waals surface area contributed by atoms with Gasteiger partial charge in [0.2, 0.25) is 0 Å². The van der Waals surface area contributed by atoms with E-state index in [1.54, 1.807) is 19.1 Å². The first-order chi connectivity index (χ1) is 10.3. The summed E-state index contributed by atoms with van der Waals surface area (Å²) in [5.41, 5.74) is 13.2. The van der Waals surface area contributed by atoms with Gasteiger partial charge in [-0.25, -0.2) is 0 Å². The van der Waals surface area contributed by atoms with Crippen LogP contribution in [0, 0.1) is 10.8 Å². The van der Waals surface area contributed by atoms with Crippen LogP contribution in [0.1, 0.15) is 18.1 Å². The van der Waals surface area contributed by atoms with Crippen LogP contribution in [0.15, 0.2) is 30.4 Å². The molecule has 1 aromatic rings. The van der Waals surface area contributed by atoms with Crippen molar-refractivity contribution in [2.24, 2.45) is 11.5 Å². The first kappa shape index (κ1) is 17.0. The third-order valence-electron chi connectivity index (χ3n) is 2.66. The van der Waals surface area contributed by atoms with Crippen molar-refractivity contribution in [1.82, 2.24) is 10.6 Å². The number of anilines is 1. The zero-order chi connectivity index (χ0) is 16.7. The van der Waals surface area contributed by atoms with E-state index >= 15 is 0 Å². The molecule has 0 radical (unpaired) electrons. The summed E-state index contributed by atoms with van der Waals surface area (Å²) in [5, 5.41) is 22.5. The van der Waals surface area contributed by atoms with E-state index in [1.165, 1.54) is 0 Å². The standard InChI is InChI=1S/C14H21N7O/c1-8(2)12(22)21-11-4-9(6-19-13(15)16)3-10(5-11)7-20-14(17)18/h3-5H,1,6-7H2,2H3,(H,21,22)(H4,15,16,19)(H4,17,18,20). The van der Waals surface area contributed by atoms with Gasteiger partial charge < -0.3 is 27.4 Å². The summed E-state index contributed by atoms with van der Waals surface area (Å²) in [6, 6.07) is 5.41. The molecule has 0 aliphatic carbocycles. The van der Waals surface area contributed by atoms with E-state index in [0.717, 1.165) is 11.1 Å². The van der Waals surface area contributed by atoms with Gasteiger partial charge in [0, 0.05) is 24.4 Å². The van der Waals surface area contributed by atoms with Crippen LogP contribution in [-0.2, 0) is 17.9 Å². The molecule has 0 bridgehead atoms. The van der Waals surface area contributed by atoms with Gasteiger partial charge in [0.1, 0.15) is 0 Å². The average molecular weight is 303 g/mol. The maximum Gasteiger partial charge on any atom is 0.250 e. The van der Waals surface area contributed by atoms with Crippen molar-refractivity contribution in [3.63, 3.8) is 0 Å². The lowest BCUT2D eigenvalue weighted by Crippen LogP contribution is -2.30. The first-order valence-corrected chi connectivity index (χ1v) is 6.53. The molecule has 0 aliphatic heterocycles. The number of hydrogen-bond acceptors (Lipinski definition) is 3. The number of nitrogens with one attached hydrogen (secondary N) is 5. The van der Waals surface area contributed by atoms with E-state index in [0.29, 0.717) is 24.4 Å². The average Bonchev–Trinajstić information content (AvgIpc) is 2.42. The van der Waals surface area contributed by atoms with Crippen molar-refractivity contribution in [2.75, 3.05) is 5.32 Å². The molecule has 1 aromatic carbocycles. The van der Waals surface area contributed by atoms with Crippen molar-refractivity contribution in [3.05, 3.63) is 41.5 Å². The van der Waals surface area contributed by atoms with Gasteiger partial charge in [-0.1, -0.05) is 12.6 Å². The summed E-state index contributed by atoms with van der Waals surface area (Å²) in [5.74, 6) is -0.554. The van der Waals surface area contributed by atoms with Gasteiger partial charge in [0.05, 0.1) is 0 Å². The van der Waals surface area contributed by atoms with Crippen molar-refractivity contribution < 1.29 is 4.79 Å². The van der Waals surface area contributed by atoms with Crippen LogP contribution in [-0.4, -0.2) is 17.8 Å². The monoisotopic (exact) mass is 303 g/mol. The Morgan fingerprint density at radius 2 is 1.55 bits per heavy atom. The molecule has 0 saturated heterocycles. The predicted octanol–water partition coefficient (Wildman–Crippen LogP) is 0.167. The van der Waals surface area contributed by atoms with Crippen molar-refractivity contribution >= 4 is 23.5 Å². The molecule has 1 rings (SSSR count). The number of nitrogens with two attached hydrogens (primary N) is 2. The topological polar surface area (TPSA) is 153 Å². The van der Waals surface area contributed by atoms with Crippen LogP contribution >= 0.6 is 0 Å². The van der Waals surface area contributed by atoms with E-state index in [-0.39, 0.29) is 17.8 Å². The Hall–Kier alpha value is -3.03. The fourth-order valence-corrected chi connectivity index (χ4v) is 1.67. The highest BCUT2D eigenvalue weighted by Crippen LogP contribution is 2.16. The van der Waals surface area contributed by atoms with Crippen LogP contribution in [0.5, 0.6) is 0 Å². The van der Waals surface area contributed by atoms with E-state index in [1.807, 2.05) is 6.07 Å². The molecule has 9 N–H and O–H groups in total. The van der Waals surface area contributed by atoms with Gasteiger partial charge in [-0.15, -0.1) is 0 Å². The Morgan fingerprint density at radius 3 is 1.91 bits per heavy atom. The summed E-state index contributed by atoms with van der Waals surface area (Å²) >= 11 is 0. The highest BCUT2D eigenvalue weighted by molar-refractivity contribution is 6.02. The van der Waals surface area contributed by atoms with Crippen LogP contribution in [0.4, 0.5) is 5.69 Å². The zero-order valence-corrected chi connectivity index (χ0v) is 12.4. The lowest BCUT2D eigenvalue weighted by atomic mass is 10.1. The Bertz CT molecular complexity index is 573. The molecule has 0 unspecified atom stereocenters. The van der Waals surface area contributed by atoms with Gasteiger partial charge >= 0.3 is 0 Å². The SMILES string of the molecule is C=C(C)C(=O)Nc1cc(CNC(=N)N)cc(CNC(=N)N)c1. The number of carbonyl (C=O) groups is 1. The van der Waals surface area contributed by atoms with Gasteiger partial charge in [-0.3, -0.25) is 15.6 Å². The molecule has 0 heterocycles. The second kappa shape index (κ2) is 7.67. The van der Waals surface area contributed by atoms with Crippen LogP contribution in [0.3, 0.4) is 0 Å². The molecule has 118 valence electrons. The predicted molar refractivity (Wildman–Crippen MR) is 87.4 cm³/mol. The molecular formula is C14H21N7O. The fraction of sp³-hybridized carbons (Fsp3) is 0.214. The minimum atomic E-state index is -0.276. The molecule has 0 spiro atoms. The molecule has 0 fully saturated rings. The lowest BCUT2D eigenvalue weighted by Gasteiger charge is -2.12.